The van der Waals surface area contributed by atoms with E-state index < -0.39 is 93.5 Å². The molecule has 0 radical (unpaired) electrons. The number of hydrazine groups is 1. The quantitative estimate of drug-likeness (QED) is 0.107. The number of hydrogen-bond acceptors (Lipinski definition) is 8. The van der Waals surface area contributed by atoms with Crippen molar-refractivity contribution in [1.29, 1.82) is 0 Å². The molecule has 4 aromatic carbocycles. The van der Waals surface area contributed by atoms with Crippen LogP contribution < -0.4 is 19.8 Å². The van der Waals surface area contributed by atoms with Crippen molar-refractivity contribution in [3.8, 4) is 17.2 Å². The van der Waals surface area contributed by atoms with E-state index in [1.165, 1.54) is 44.6 Å². The van der Waals surface area contributed by atoms with Gasteiger partial charge < -0.3 is 14.6 Å². The molecule has 4 aliphatic rings. The van der Waals surface area contributed by atoms with Crippen LogP contribution in [0.4, 0.5) is 37.7 Å². The summed E-state index contributed by atoms with van der Waals surface area (Å²) in [4.78, 5) is 59.4. The van der Waals surface area contributed by atoms with Crippen LogP contribution in [0.3, 0.4) is 0 Å². The van der Waals surface area contributed by atoms with Gasteiger partial charge in [0.1, 0.15) is 5.75 Å². The number of nitrogens with zero attached hydrogens (tertiary/aromatic N) is 2. The topological polar surface area (TPSA) is 125 Å². The van der Waals surface area contributed by atoms with Crippen LogP contribution in [0, 0.1) is 23.7 Å². The number of para-hydroxylation sites is 1. The maximum atomic E-state index is 15.4. The van der Waals surface area contributed by atoms with E-state index in [9.17, 15) is 45.8 Å². The first-order chi connectivity index (χ1) is 28.3. The Balaban J connectivity index is 1.33. The number of aromatic hydroxyl groups is 1. The highest BCUT2D eigenvalue weighted by Gasteiger charge is 2.71. The zero-order valence-corrected chi connectivity index (χ0v) is 32.7. The van der Waals surface area contributed by atoms with Gasteiger partial charge in [-0.05, 0) is 78.9 Å². The molecular formula is C42H31Cl2F6N3O7. The minimum atomic E-state index is -5.27. The number of methoxy groups -OCH3 is 2. The van der Waals surface area contributed by atoms with Crippen molar-refractivity contribution < 1.29 is 60.1 Å². The lowest BCUT2D eigenvalue weighted by Gasteiger charge is -2.50. The number of rotatable bonds is 7. The molecule has 2 N–H and O–H groups in total. The summed E-state index contributed by atoms with van der Waals surface area (Å²) in [7, 11) is 2.73. The Bertz CT molecular complexity index is 2480. The molecule has 60 heavy (non-hydrogen) atoms. The SMILES string of the molecule is COc1ccc(C23C(=O)N(Nc4ccc(Cl)cc4Cl)C(=O)C2CC2C(=CCC4C(=O)N(c5cc(C(F)(F)F)cc(C(F)(F)F)c5)C(=O)C42)C3c2cccc(OC)c2O)cc1. The van der Waals surface area contributed by atoms with Gasteiger partial charge in [0.25, 0.3) is 11.8 Å². The third kappa shape index (κ3) is 6.25. The summed E-state index contributed by atoms with van der Waals surface area (Å²) >= 11 is 12.6. The van der Waals surface area contributed by atoms with E-state index in [-0.39, 0.29) is 46.0 Å². The number of carbonyl (C=O) groups is 4. The lowest BCUT2D eigenvalue weighted by atomic mass is 9.49. The molecule has 312 valence electrons. The number of phenols is 1. The van der Waals surface area contributed by atoms with Crippen molar-refractivity contribution >= 4 is 58.2 Å². The molecule has 3 fully saturated rings. The molecular weight excluding hydrogens is 843 g/mol. The highest BCUT2D eigenvalue weighted by Crippen LogP contribution is 2.65. The fourth-order valence-corrected chi connectivity index (χ4v) is 9.90. The smallest absolute Gasteiger partial charge is 0.416 e. The molecule has 2 saturated heterocycles. The second kappa shape index (κ2) is 14.5. The van der Waals surface area contributed by atoms with Crippen LogP contribution in [0.15, 0.2) is 90.5 Å². The number of fused-ring (bicyclic) bond motifs is 4. The van der Waals surface area contributed by atoms with Crippen LogP contribution in [0.25, 0.3) is 0 Å². The summed E-state index contributed by atoms with van der Waals surface area (Å²) in [5.74, 6) is -10.1. The Kier molecular flexibility index (Phi) is 9.89. The number of alkyl halides is 6. The standard InChI is InChI=1S/C42H31Cl2F6N3O7/c1-59-24-9-6-19(7-10-24)40-29(37(56)53(39(40)58)51-31-13-8-22(43)17-30(31)44)18-28-25(34(40)27-4-3-5-32(60-2)35(27)54)11-12-26-33(28)38(57)52(36(26)55)23-15-20(41(45,46)47)14-21(16-23)42(48,49)50/h3-11,13-17,26,28-29,33-34,51,54H,12,18H2,1-2H3. The normalized spacial score (nSPS) is 25.2. The lowest BCUT2D eigenvalue weighted by Crippen LogP contribution is -2.53. The molecule has 2 heterocycles. The van der Waals surface area contributed by atoms with Gasteiger partial charge in [0.2, 0.25) is 11.8 Å². The van der Waals surface area contributed by atoms with Crippen molar-refractivity contribution in [2.24, 2.45) is 23.7 Å². The van der Waals surface area contributed by atoms with Crippen LogP contribution in [0.2, 0.25) is 10.0 Å². The summed E-state index contributed by atoms with van der Waals surface area (Å²) in [6.45, 7) is 0. The van der Waals surface area contributed by atoms with E-state index in [4.69, 9.17) is 32.7 Å². The molecule has 2 aliphatic carbocycles. The molecule has 8 rings (SSSR count). The maximum Gasteiger partial charge on any atom is 0.416 e. The van der Waals surface area contributed by atoms with Crippen LogP contribution in [-0.4, -0.2) is 48.0 Å². The molecule has 1 saturated carbocycles. The molecule has 2 aliphatic heterocycles. The first kappa shape index (κ1) is 41.0. The monoisotopic (exact) mass is 873 g/mol. The molecule has 0 bridgehead atoms. The fraction of sp³-hybridized carbons (Fsp3) is 0.286. The Labute approximate surface area is 347 Å². The minimum absolute atomic E-state index is 0.00616. The summed E-state index contributed by atoms with van der Waals surface area (Å²) < 4.78 is 94.6. The van der Waals surface area contributed by atoms with E-state index in [2.05, 4.69) is 5.43 Å². The van der Waals surface area contributed by atoms with Crippen molar-refractivity contribution in [3.05, 3.63) is 123 Å². The number of anilines is 2. The number of ether oxygens (including phenoxy) is 2. The molecule has 10 nitrogen and oxygen atoms in total. The molecule has 4 aromatic rings. The van der Waals surface area contributed by atoms with Gasteiger partial charge >= 0.3 is 12.4 Å². The highest BCUT2D eigenvalue weighted by molar-refractivity contribution is 6.36. The predicted octanol–water partition coefficient (Wildman–Crippen LogP) is 8.94. The van der Waals surface area contributed by atoms with E-state index in [1.807, 2.05) is 0 Å². The Morgan fingerprint density at radius 3 is 2.07 bits per heavy atom. The summed E-state index contributed by atoms with van der Waals surface area (Å²) in [5.41, 5.74) is -2.59. The number of nitrogens with one attached hydrogen (secondary N) is 1. The first-order valence-corrected chi connectivity index (χ1v) is 19.1. The van der Waals surface area contributed by atoms with Gasteiger partial charge in [0.15, 0.2) is 11.5 Å². The number of allylic oxidation sites excluding steroid dienone is 2. The van der Waals surface area contributed by atoms with Gasteiger partial charge in [-0.2, -0.15) is 31.4 Å². The highest BCUT2D eigenvalue weighted by atomic mass is 35.5. The lowest BCUT2D eigenvalue weighted by molar-refractivity contribution is -0.143. The number of halogens is 8. The second-order valence-corrected chi connectivity index (χ2v) is 15.7. The van der Waals surface area contributed by atoms with E-state index in [0.717, 1.165) is 5.01 Å². The number of imide groups is 2. The second-order valence-electron chi connectivity index (χ2n) is 14.9. The van der Waals surface area contributed by atoms with Crippen LogP contribution in [0.5, 0.6) is 17.2 Å². The van der Waals surface area contributed by atoms with Crippen LogP contribution in [-0.2, 0) is 36.9 Å². The van der Waals surface area contributed by atoms with Crippen LogP contribution in [0.1, 0.15) is 41.0 Å². The summed E-state index contributed by atoms with van der Waals surface area (Å²) in [6, 6.07) is 15.7. The van der Waals surface area contributed by atoms with E-state index >= 15 is 4.79 Å². The maximum absolute atomic E-state index is 15.4. The number of carbonyl (C=O) groups excluding carboxylic acids is 4. The number of benzene rings is 4. The van der Waals surface area contributed by atoms with Gasteiger partial charge in [-0.3, -0.25) is 24.6 Å². The summed E-state index contributed by atoms with van der Waals surface area (Å²) in [5, 5.41) is 12.9. The number of hydrogen-bond donors (Lipinski definition) is 2. The fourth-order valence-electron chi connectivity index (χ4n) is 9.45. The van der Waals surface area contributed by atoms with Gasteiger partial charge in [-0.1, -0.05) is 59.1 Å². The number of phenolic OH excluding ortho intramolecular Hbond substituents is 1. The number of amides is 4. The Morgan fingerprint density at radius 1 is 0.800 bits per heavy atom. The van der Waals surface area contributed by atoms with Gasteiger partial charge in [-0.25, -0.2) is 4.90 Å². The summed E-state index contributed by atoms with van der Waals surface area (Å²) in [6.07, 6.45) is -9.45. The third-order valence-corrected chi connectivity index (χ3v) is 12.5. The van der Waals surface area contributed by atoms with Crippen molar-refractivity contribution in [2.45, 2.75) is 36.5 Å². The zero-order valence-electron chi connectivity index (χ0n) is 31.2. The third-order valence-electron chi connectivity index (χ3n) is 12.0. The van der Waals surface area contributed by atoms with Crippen molar-refractivity contribution in [3.63, 3.8) is 0 Å². The molecule has 6 unspecified atom stereocenters. The molecule has 0 aromatic heterocycles. The van der Waals surface area contributed by atoms with Gasteiger partial charge in [-0.15, -0.1) is 0 Å². The zero-order chi connectivity index (χ0) is 43.2. The average Bonchev–Trinajstić information content (AvgIpc) is 3.58. The largest absolute Gasteiger partial charge is 0.504 e. The van der Waals surface area contributed by atoms with Crippen molar-refractivity contribution in [2.75, 3.05) is 24.5 Å². The van der Waals surface area contributed by atoms with Crippen LogP contribution >= 0.6 is 23.2 Å². The molecule has 6 atom stereocenters. The first-order valence-electron chi connectivity index (χ1n) is 18.3. The minimum Gasteiger partial charge on any atom is -0.504 e. The van der Waals surface area contributed by atoms with Crippen molar-refractivity contribution in [1.82, 2.24) is 5.01 Å². The van der Waals surface area contributed by atoms with E-state index in [1.54, 1.807) is 36.4 Å². The Hall–Kier alpha value is -5.74. The average molecular weight is 875 g/mol. The molecule has 18 heteroatoms. The van der Waals surface area contributed by atoms with Gasteiger partial charge in [0, 0.05) is 16.5 Å². The molecule has 0 spiro atoms. The van der Waals surface area contributed by atoms with Gasteiger partial charge in [0.05, 0.1) is 64.9 Å². The van der Waals surface area contributed by atoms with E-state index in [0.29, 0.717) is 33.9 Å². The molecule has 4 amide bonds. The Morgan fingerprint density at radius 2 is 1.47 bits per heavy atom. The predicted molar refractivity (Wildman–Crippen MR) is 204 cm³/mol.